The van der Waals surface area contributed by atoms with Crippen LogP contribution in [-0.2, 0) is 42.9 Å². The predicted molar refractivity (Wildman–Crippen MR) is 149 cm³/mol. The van der Waals surface area contributed by atoms with Crippen LogP contribution in [0, 0.1) is 0 Å². The van der Waals surface area contributed by atoms with E-state index in [1.54, 1.807) is 0 Å². The van der Waals surface area contributed by atoms with E-state index in [1.165, 1.54) is 24.5 Å². The molecule has 2 atom stereocenters. The Bertz CT molecular complexity index is 1630. The van der Waals surface area contributed by atoms with E-state index < -0.39 is 67.5 Å². The van der Waals surface area contributed by atoms with Gasteiger partial charge in [0, 0.05) is 36.4 Å². The molecule has 0 saturated carbocycles. The van der Waals surface area contributed by atoms with Gasteiger partial charge < -0.3 is 35.9 Å². The fraction of sp³-hybridized carbons (Fsp3) is 0.231. The Balaban J connectivity index is 1.84. The molecule has 0 bridgehead atoms. The van der Waals surface area contributed by atoms with Gasteiger partial charge in [0.15, 0.2) is 0 Å². The van der Waals surface area contributed by atoms with Gasteiger partial charge in [-0.15, -0.1) is 0 Å². The first-order valence-electron chi connectivity index (χ1n) is 12.6. The van der Waals surface area contributed by atoms with Gasteiger partial charge in [-0.1, -0.05) is 48.5 Å². The number of nitrogens with one attached hydrogen (secondary N) is 2. The van der Waals surface area contributed by atoms with Crippen molar-refractivity contribution in [1.82, 2.24) is 15.6 Å². The number of rotatable bonds is 13. The van der Waals surface area contributed by atoms with Gasteiger partial charge in [0.2, 0.25) is 11.8 Å². The number of amides is 3. The molecule has 45 heavy (non-hydrogen) atoms. The van der Waals surface area contributed by atoms with Gasteiger partial charge in [0.05, 0.1) is 5.56 Å². The highest BCUT2D eigenvalue weighted by atomic mass is 31.2. The lowest BCUT2D eigenvalue weighted by Crippen LogP contribution is -2.54. The first kappa shape index (κ1) is 35.5. The Labute approximate surface area is 252 Å². The number of primary amides is 1. The van der Waals surface area contributed by atoms with Gasteiger partial charge in [-0.25, -0.2) is 0 Å². The molecule has 19 heteroatoms. The number of aromatic nitrogens is 1. The topological polar surface area (TPSA) is 229 Å². The summed E-state index contributed by atoms with van der Waals surface area (Å²) in [5, 5.41) is 4.75. The lowest BCUT2D eigenvalue weighted by molar-refractivity contribution is -0.128. The van der Waals surface area contributed by atoms with Gasteiger partial charge in [0.1, 0.15) is 12.1 Å². The fourth-order valence-electron chi connectivity index (χ4n) is 3.93. The van der Waals surface area contributed by atoms with E-state index in [0.717, 1.165) is 48.5 Å². The molecule has 3 amide bonds. The van der Waals surface area contributed by atoms with Crippen LogP contribution in [0.25, 0.3) is 0 Å². The zero-order chi connectivity index (χ0) is 33.8. The van der Waals surface area contributed by atoms with Crippen LogP contribution in [0.5, 0.6) is 0 Å². The van der Waals surface area contributed by atoms with Crippen LogP contribution in [0.3, 0.4) is 0 Å². The summed E-state index contributed by atoms with van der Waals surface area (Å²) >= 11 is 0. The van der Waals surface area contributed by atoms with E-state index in [4.69, 9.17) is 25.3 Å². The number of nitrogens with two attached hydrogens (primary N) is 1. The Hall–Kier alpha value is -3.98. The van der Waals surface area contributed by atoms with Gasteiger partial charge in [-0.3, -0.25) is 28.5 Å². The Morgan fingerprint density at radius 3 is 1.58 bits per heavy atom. The highest BCUT2D eigenvalue weighted by Crippen LogP contribution is 2.60. The molecule has 0 radical (unpaired) electrons. The number of nitrogens with zero attached hydrogens (tertiary/aromatic N) is 1. The van der Waals surface area contributed by atoms with E-state index >= 15 is 0 Å². The maximum atomic E-state index is 14.1. The third-order valence-electron chi connectivity index (χ3n) is 6.42. The summed E-state index contributed by atoms with van der Waals surface area (Å²) in [5.74, 6) is -2.84. The number of carbonyl (C=O) groups is 3. The third kappa shape index (κ3) is 8.60. The molecular weight excluding hydrogens is 650 g/mol. The van der Waals surface area contributed by atoms with Crippen LogP contribution in [0.15, 0.2) is 73.1 Å². The van der Waals surface area contributed by atoms with Crippen molar-refractivity contribution in [3.8, 4) is 0 Å². The fourth-order valence-corrected chi connectivity index (χ4v) is 4.90. The molecular formula is C26H26F4N4O9P2. The highest BCUT2D eigenvalue weighted by molar-refractivity contribution is 7.52. The average Bonchev–Trinajstić information content (AvgIpc) is 2.96. The van der Waals surface area contributed by atoms with Crippen LogP contribution in [0.2, 0.25) is 0 Å². The molecule has 1 heterocycles. The maximum absolute atomic E-state index is 14.1. The molecule has 8 N–H and O–H groups in total. The zero-order valence-corrected chi connectivity index (χ0v) is 24.5. The molecule has 0 aliphatic heterocycles. The number of halogens is 4. The van der Waals surface area contributed by atoms with Crippen molar-refractivity contribution in [2.45, 2.75) is 36.3 Å². The second kappa shape index (κ2) is 13.6. The Morgan fingerprint density at radius 1 is 0.756 bits per heavy atom. The smallest absolute Gasteiger partial charge is 0.368 e. The van der Waals surface area contributed by atoms with Crippen LogP contribution >= 0.6 is 15.2 Å². The summed E-state index contributed by atoms with van der Waals surface area (Å²) in [5.41, 5.74) is -5.21. The maximum Gasteiger partial charge on any atom is 0.399 e. The molecule has 13 nitrogen and oxygen atoms in total. The molecule has 0 fully saturated rings. The Kier molecular flexibility index (Phi) is 10.7. The first-order chi connectivity index (χ1) is 20.7. The van der Waals surface area contributed by atoms with E-state index in [1.807, 2.05) is 0 Å². The van der Waals surface area contributed by atoms with E-state index in [9.17, 15) is 41.1 Å². The van der Waals surface area contributed by atoms with E-state index in [-0.39, 0.29) is 29.5 Å². The summed E-state index contributed by atoms with van der Waals surface area (Å²) in [6, 6.07) is 6.97. The Morgan fingerprint density at radius 2 is 1.20 bits per heavy atom. The van der Waals surface area contributed by atoms with Gasteiger partial charge in [-0.2, -0.15) is 17.6 Å². The minimum absolute atomic E-state index is 0.0329. The first-order valence-corrected chi connectivity index (χ1v) is 15.8. The van der Waals surface area contributed by atoms with Crippen molar-refractivity contribution >= 4 is 32.9 Å². The summed E-state index contributed by atoms with van der Waals surface area (Å²) in [6.45, 7) is 0. The van der Waals surface area contributed by atoms with Gasteiger partial charge in [0.25, 0.3) is 5.91 Å². The van der Waals surface area contributed by atoms with Crippen molar-refractivity contribution in [3.63, 3.8) is 0 Å². The molecule has 2 unspecified atom stereocenters. The van der Waals surface area contributed by atoms with Crippen molar-refractivity contribution in [1.29, 1.82) is 0 Å². The third-order valence-corrected chi connectivity index (χ3v) is 8.40. The van der Waals surface area contributed by atoms with Gasteiger partial charge >= 0.3 is 26.5 Å². The molecule has 2 aromatic carbocycles. The zero-order valence-electron chi connectivity index (χ0n) is 22.8. The standard InChI is InChI=1S/C26H26F4N4O9P2/c27-25(28,44(38,39)40)18-7-3-15(4-8-18)12-20(22(31)35)33-24(37)21(34-23(36)17-2-1-11-32-14-17)13-16-5-9-19(10-6-16)26(29,30)45(41,42)43/h1-11,14,20-21H,12-13H2,(H2,31,35)(H,33,37)(H,34,36)(H2,38,39,40)(H2,41,42,43). The molecule has 242 valence electrons. The summed E-state index contributed by atoms with van der Waals surface area (Å²) < 4.78 is 78.4. The lowest BCUT2D eigenvalue weighted by atomic mass is 10.0. The van der Waals surface area contributed by atoms with Crippen LogP contribution in [-0.4, -0.2) is 54.4 Å². The predicted octanol–water partition coefficient (Wildman–Crippen LogP) is 2.09. The summed E-state index contributed by atoms with van der Waals surface area (Å²) in [7, 11) is -11.7. The summed E-state index contributed by atoms with van der Waals surface area (Å²) in [4.78, 5) is 77.9. The van der Waals surface area contributed by atoms with Crippen molar-refractivity contribution < 1.29 is 60.6 Å². The van der Waals surface area contributed by atoms with Crippen molar-refractivity contribution in [2.75, 3.05) is 0 Å². The molecule has 3 rings (SSSR count). The van der Waals surface area contributed by atoms with Gasteiger partial charge in [-0.05, 0) is 23.3 Å². The SMILES string of the molecule is NC(=O)C(Cc1ccc(C(F)(F)P(=O)(O)O)cc1)NC(=O)C(Cc1ccc(C(F)(F)P(=O)(O)O)cc1)NC(=O)c1cccnc1. The molecule has 0 saturated heterocycles. The molecule has 3 aromatic rings. The number of hydrogen-bond acceptors (Lipinski definition) is 6. The molecule has 0 aliphatic rings. The average molecular weight is 676 g/mol. The minimum Gasteiger partial charge on any atom is -0.368 e. The molecule has 1 aromatic heterocycles. The van der Waals surface area contributed by atoms with E-state index in [2.05, 4.69) is 15.6 Å². The number of benzene rings is 2. The van der Waals surface area contributed by atoms with E-state index in [0.29, 0.717) is 0 Å². The minimum atomic E-state index is -5.85. The van der Waals surface area contributed by atoms with Crippen molar-refractivity contribution in [2.24, 2.45) is 5.73 Å². The largest absolute Gasteiger partial charge is 0.399 e. The normalized spacial score (nSPS) is 13.9. The van der Waals surface area contributed by atoms with Crippen LogP contribution < -0.4 is 16.4 Å². The number of pyridine rings is 1. The quantitative estimate of drug-likeness (QED) is 0.103. The number of carbonyl (C=O) groups excluding carboxylic acids is 3. The number of alkyl halides is 4. The second-order valence-corrected chi connectivity index (χ2v) is 13.0. The van der Waals surface area contributed by atoms with Crippen LogP contribution in [0.1, 0.15) is 32.6 Å². The number of hydrogen-bond donors (Lipinski definition) is 7. The second-order valence-electron chi connectivity index (χ2n) is 9.70. The van der Waals surface area contributed by atoms with Crippen LogP contribution in [0.4, 0.5) is 17.6 Å². The van der Waals surface area contributed by atoms with Crippen molar-refractivity contribution in [3.05, 3.63) is 101 Å². The monoisotopic (exact) mass is 676 g/mol. The highest BCUT2D eigenvalue weighted by Gasteiger charge is 2.51. The lowest BCUT2D eigenvalue weighted by Gasteiger charge is -2.23. The summed E-state index contributed by atoms with van der Waals surface area (Å²) in [6.07, 6.45) is 1.85. The molecule has 0 aliphatic carbocycles. The molecule has 0 spiro atoms.